The molecule has 4 heteroatoms. The van der Waals surface area contributed by atoms with E-state index in [4.69, 9.17) is 5.26 Å². The average Bonchev–Trinajstić information content (AvgIpc) is 2.37. The Balaban J connectivity index is 2.18. The maximum atomic E-state index is 8.67. The van der Waals surface area contributed by atoms with Crippen LogP contribution >= 0.6 is 23.5 Å². The Morgan fingerprint density at radius 2 is 2.41 bits per heavy atom. The number of hydrogen-bond acceptors (Lipinski definition) is 4. The summed E-state index contributed by atoms with van der Waals surface area (Å²) in [5.74, 6) is 1.09. The second-order valence-corrected chi connectivity index (χ2v) is 6.05. The van der Waals surface area contributed by atoms with Gasteiger partial charge in [0, 0.05) is 35.1 Å². The molecule has 0 saturated carbocycles. The first-order chi connectivity index (χ1) is 8.26. The third-order valence-corrected chi connectivity index (χ3v) is 5.03. The zero-order chi connectivity index (χ0) is 12.3. The van der Waals surface area contributed by atoms with Crippen molar-refractivity contribution in [2.45, 2.75) is 28.7 Å². The highest BCUT2D eigenvalue weighted by molar-refractivity contribution is 8.00. The molecule has 1 aromatic carbocycles. The van der Waals surface area contributed by atoms with Crippen LogP contribution in [-0.2, 0) is 0 Å². The fourth-order valence-corrected chi connectivity index (χ4v) is 3.88. The van der Waals surface area contributed by atoms with Crippen LogP contribution in [-0.4, -0.2) is 25.1 Å². The first-order valence-electron chi connectivity index (χ1n) is 5.67. The first-order valence-corrected chi connectivity index (χ1v) is 7.88. The largest absolute Gasteiger partial charge is 0.370 e. The molecule has 0 radical (unpaired) electrons. The predicted molar refractivity (Wildman–Crippen MR) is 76.0 cm³/mol. The van der Waals surface area contributed by atoms with Crippen molar-refractivity contribution in [1.29, 1.82) is 5.26 Å². The van der Waals surface area contributed by atoms with E-state index in [0.29, 0.717) is 12.5 Å². The van der Waals surface area contributed by atoms with Gasteiger partial charge in [0.05, 0.1) is 11.8 Å². The van der Waals surface area contributed by atoms with Crippen LogP contribution in [0.15, 0.2) is 28.0 Å². The second-order valence-electron chi connectivity index (χ2n) is 4.11. The fraction of sp³-hybridized carbons (Fsp3) is 0.462. The quantitative estimate of drug-likeness (QED) is 0.779. The normalized spacial score (nSPS) is 18.6. The molecular formula is C13H16N2S2. The molecule has 0 aliphatic carbocycles. The lowest BCUT2D eigenvalue weighted by atomic mass is 10.1. The lowest BCUT2D eigenvalue weighted by Crippen LogP contribution is -2.36. The zero-order valence-electron chi connectivity index (χ0n) is 10.1. The zero-order valence-corrected chi connectivity index (χ0v) is 11.8. The van der Waals surface area contributed by atoms with Crippen LogP contribution < -0.4 is 4.90 Å². The van der Waals surface area contributed by atoms with Gasteiger partial charge in [-0.15, -0.1) is 23.5 Å². The lowest BCUT2D eigenvalue weighted by Gasteiger charge is -2.35. The highest BCUT2D eigenvalue weighted by Gasteiger charge is 2.23. The minimum Gasteiger partial charge on any atom is -0.370 e. The molecule has 0 saturated heterocycles. The summed E-state index contributed by atoms with van der Waals surface area (Å²) in [5.41, 5.74) is 1.31. The highest BCUT2D eigenvalue weighted by Crippen LogP contribution is 2.39. The summed E-state index contributed by atoms with van der Waals surface area (Å²) >= 11 is 3.70. The van der Waals surface area contributed by atoms with Gasteiger partial charge in [-0.05, 0) is 30.9 Å². The third kappa shape index (κ3) is 2.72. The summed E-state index contributed by atoms with van der Waals surface area (Å²) in [6.07, 6.45) is 3.71. The van der Waals surface area contributed by atoms with E-state index in [9.17, 15) is 0 Å². The standard InChI is InChI=1S/C13H16N2S2/c1-15-10(4-3-7-14)9-17-13-8-11(16-2)5-6-12(13)15/h5-6,8,10H,3-4,9H2,1-2H3. The summed E-state index contributed by atoms with van der Waals surface area (Å²) < 4.78 is 0. The van der Waals surface area contributed by atoms with Gasteiger partial charge >= 0.3 is 0 Å². The fourth-order valence-electron chi connectivity index (χ4n) is 2.03. The van der Waals surface area contributed by atoms with Crippen LogP contribution in [0.1, 0.15) is 12.8 Å². The summed E-state index contributed by atoms with van der Waals surface area (Å²) in [6.45, 7) is 0. The van der Waals surface area contributed by atoms with Gasteiger partial charge < -0.3 is 4.90 Å². The summed E-state index contributed by atoms with van der Waals surface area (Å²) in [4.78, 5) is 5.01. The number of fused-ring (bicyclic) bond motifs is 1. The van der Waals surface area contributed by atoms with E-state index in [0.717, 1.165) is 12.2 Å². The molecule has 0 spiro atoms. The van der Waals surface area contributed by atoms with Crippen molar-refractivity contribution >= 4 is 29.2 Å². The molecule has 2 nitrogen and oxygen atoms in total. The molecule has 0 aromatic heterocycles. The van der Waals surface area contributed by atoms with Crippen molar-refractivity contribution in [2.24, 2.45) is 0 Å². The van der Waals surface area contributed by atoms with Gasteiger partial charge in [-0.2, -0.15) is 5.26 Å². The van der Waals surface area contributed by atoms with Crippen molar-refractivity contribution in [3.8, 4) is 6.07 Å². The SMILES string of the molecule is CSc1ccc2c(c1)SCC(CCC#N)N2C. The van der Waals surface area contributed by atoms with Crippen molar-refractivity contribution in [1.82, 2.24) is 0 Å². The third-order valence-electron chi connectivity index (χ3n) is 3.12. The van der Waals surface area contributed by atoms with Crippen LogP contribution in [0.3, 0.4) is 0 Å². The highest BCUT2D eigenvalue weighted by atomic mass is 32.2. The van der Waals surface area contributed by atoms with Gasteiger partial charge in [0.25, 0.3) is 0 Å². The molecular weight excluding hydrogens is 248 g/mol. The van der Waals surface area contributed by atoms with Crippen molar-refractivity contribution in [3.05, 3.63) is 18.2 Å². The molecule has 1 heterocycles. The smallest absolute Gasteiger partial charge is 0.0622 e. The van der Waals surface area contributed by atoms with Crippen LogP contribution in [0.5, 0.6) is 0 Å². The van der Waals surface area contributed by atoms with Gasteiger partial charge in [0.2, 0.25) is 0 Å². The van der Waals surface area contributed by atoms with Crippen LogP contribution in [0.25, 0.3) is 0 Å². The van der Waals surface area contributed by atoms with Crippen LogP contribution in [0.2, 0.25) is 0 Å². The molecule has 0 amide bonds. The van der Waals surface area contributed by atoms with Crippen LogP contribution in [0, 0.1) is 11.3 Å². The molecule has 1 aliphatic heterocycles. The second kappa shape index (κ2) is 5.70. The number of anilines is 1. The average molecular weight is 264 g/mol. The monoisotopic (exact) mass is 264 g/mol. The minimum absolute atomic E-state index is 0.493. The Kier molecular flexibility index (Phi) is 4.25. The van der Waals surface area contributed by atoms with E-state index in [1.807, 2.05) is 11.8 Å². The molecule has 2 rings (SSSR count). The molecule has 17 heavy (non-hydrogen) atoms. The molecule has 0 N–H and O–H groups in total. The minimum atomic E-state index is 0.493. The topological polar surface area (TPSA) is 27.0 Å². The van der Waals surface area contributed by atoms with Crippen molar-refractivity contribution in [3.63, 3.8) is 0 Å². The van der Waals surface area contributed by atoms with E-state index < -0.39 is 0 Å². The lowest BCUT2D eigenvalue weighted by molar-refractivity contribution is 0.635. The van der Waals surface area contributed by atoms with Gasteiger partial charge in [0.1, 0.15) is 0 Å². The number of hydrogen-bond donors (Lipinski definition) is 0. The number of thioether (sulfide) groups is 2. The number of nitrogens with zero attached hydrogens (tertiary/aromatic N) is 2. The van der Waals surface area contributed by atoms with Gasteiger partial charge in [-0.1, -0.05) is 0 Å². The van der Waals surface area contributed by atoms with Gasteiger partial charge in [-0.3, -0.25) is 0 Å². The maximum Gasteiger partial charge on any atom is 0.0622 e. The Bertz CT molecular complexity index is 440. The predicted octanol–water partition coefficient (Wildman–Crippen LogP) is 3.62. The molecule has 90 valence electrons. The molecule has 1 unspecified atom stereocenters. The van der Waals surface area contributed by atoms with E-state index in [-0.39, 0.29) is 0 Å². The number of benzene rings is 1. The molecule has 1 aromatic rings. The summed E-state index contributed by atoms with van der Waals surface area (Å²) in [6, 6.07) is 9.37. The number of rotatable bonds is 3. The van der Waals surface area contributed by atoms with E-state index in [1.54, 1.807) is 11.8 Å². The van der Waals surface area contributed by atoms with E-state index in [2.05, 4.69) is 42.5 Å². The molecule has 1 atom stereocenters. The van der Waals surface area contributed by atoms with Crippen LogP contribution in [0.4, 0.5) is 5.69 Å². The van der Waals surface area contributed by atoms with Gasteiger partial charge in [-0.25, -0.2) is 0 Å². The first kappa shape index (κ1) is 12.7. The van der Waals surface area contributed by atoms with Crippen molar-refractivity contribution < 1.29 is 0 Å². The Hall–Kier alpha value is -0.790. The summed E-state index contributed by atoms with van der Waals surface area (Å²) in [5, 5.41) is 8.67. The van der Waals surface area contributed by atoms with E-state index >= 15 is 0 Å². The molecule has 0 fully saturated rings. The molecule has 0 bridgehead atoms. The molecule has 1 aliphatic rings. The Morgan fingerprint density at radius 1 is 1.59 bits per heavy atom. The number of nitriles is 1. The Morgan fingerprint density at radius 3 is 3.12 bits per heavy atom. The Labute approximate surface area is 111 Å². The van der Waals surface area contributed by atoms with Gasteiger partial charge in [0.15, 0.2) is 0 Å². The summed E-state index contributed by atoms with van der Waals surface area (Å²) in [7, 11) is 2.14. The van der Waals surface area contributed by atoms with Crippen molar-refractivity contribution in [2.75, 3.05) is 24.0 Å². The maximum absolute atomic E-state index is 8.67. The van der Waals surface area contributed by atoms with E-state index in [1.165, 1.54) is 15.5 Å².